The quantitative estimate of drug-likeness (QED) is 0.787. The lowest BCUT2D eigenvalue weighted by Crippen LogP contribution is -2.26. The van der Waals surface area contributed by atoms with Crippen molar-refractivity contribution in [1.29, 1.82) is 0 Å². The number of amides is 1. The van der Waals surface area contributed by atoms with Crippen molar-refractivity contribution in [3.05, 3.63) is 48.0 Å². The molecule has 23 heavy (non-hydrogen) atoms. The van der Waals surface area contributed by atoms with E-state index in [9.17, 15) is 13.2 Å². The fraction of sp³-hybridized carbons (Fsp3) is 0.333. The number of anilines is 1. The SMILES string of the molecule is Cc1nccn1Cc1ccc(N2CC(S(=O)(=O)Cl)CC2=O)cc1. The zero-order valence-electron chi connectivity index (χ0n) is 12.5. The molecule has 1 aliphatic rings. The summed E-state index contributed by atoms with van der Waals surface area (Å²) in [6.07, 6.45) is 3.59. The van der Waals surface area contributed by atoms with Gasteiger partial charge in [0, 0.05) is 48.3 Å². The van der Waals surface area contributed by atoms with Crippen LogP contribution in [-0.2, 0) is 20.4 Å². The largest absolute Gasteiger partial charge is 0.331 e. The lowest BCUT2D eigenvalue weighted by Gasteiger charge is -2.16. The van der Waals surface area contributed by atoms with Gasteiger partial charge in [-0.3, -0.25) is 4.79 Å². The highest BCUT2D eigenvalue weighted by Crippen LogP contribution is 2.27. The number of hydrogen-bond donors (Lipinski definition) is 0. The van der Waals surface area contributed by atoms with Gasteiger partial charge in [-0.15, -0.1) is 0 Å². The molecule has 1 aliphatic heterocycles. The first-order valence-electron chi connectivity index (χ1n) is 7.15. The topological polar surface area (TPSA) is 72.3 Å². The summed E-state index contributed by atoms with van der Waals surface area (Å²) in [5.74, 6) is 0.705. The van der Waals surface area contributed by atoms with E-state index >= 15 is 0 Å². The predicted molar refractivity (Wildman–Crippen MR) is 88.0 cm³/mol. The van der Waals surface area contributed by atoms with Gasteiger partial charge in [-0.25, -0.2) is 13.4 Å². The first-order valence-corrected chi connectivity index (χ1v) is 9.52. The first-order chi connectivity index (χ1) is 10.8. The van der Waals surface area contributed by atoms with Gasteiger partial charge in [0.15, 0.2) is 0 Å². The zero-order chi connectivity index (χ0) is 16.6. The fourth-order valence-electron chi connectivity index (χ4n) is 2.66. The molecule has 6 nitrogen and oxygen atoms in total. The normalized spacial score (nSPS) is 18.6. The molecule has 0 spiro atoms. The molecule has 1 aromatic carbocycles. The number of nitrogens with zero attached hydrogens (tertiary/aromatic N) is 3. The molecular formula is C15H16ClN3O3S. The number of carbonyl (C=O) groups is 1. The van der Waals surface area contributed by atoms with Crippen molar-refractivity contribution in [1.82, 2.24) is 9.55 Å². The minimum Gasteiger partial charge on any atom is -0.331 e. The molecule has 1 aromatic heterocycles. The molecule has 2 aromatic rings. The summed E-state index contributed by atoms with van der Waals surface area (Å²) in [5.41, 5.74) is 1.76. The Balaban J connectivity index is 1.75. The standard InChI is InChI=1S/C15H16ClN3O3S/c1-11-17-6-7-18(11)9-12-2-4-13(5-3-12)19-10-14(8-15(19)20)23(16,21)22/h2-7,14H,8-10H2,1H3. The van der Waals surface area contributed by atoms with E-state index in [1.807, 2.05) is 42.0 Å². The van der Waals surface area contributed by atoms with Gasteiger partial charge in [0.05, 0.1) is 0 Å². The van der Waals surface area contributed by atoms with Crippen LogP contribution in [0, 0.1) is 6.92 Å². The van der Waals surface area contributed by atoms with Crippen molar-refractivity contribution in [3.8, 4) is 0 Å². The van der Waals surface area contributed by atoms with E-state index < -0.39 is 14.3 Å². The number of imidazole rings is 1. The Hall–Kier alpha value is -1.86. The average Bonchev–Trinajstić information content (AvgIpc) is 3.06. The van der Waals surface area contributed by atoms with E-state index in [0.29, 0.717) is 12.2 Å². The molecule has 8 heteroatoms. The summed E-state index contributed by atoms with van der Waals surface area (Å²) in [6, 6.07) is 7.49. The summed E-state index contributed by atoms with van der Waals surface area (Å²) in [6.45, 7) is 2.73. The van der Waals surface area contributed by atoms with Gasteiger partial charge < -0.3 is 9.47 Å². The molecule has 1 amide bonds. The van der Waals surface area contributed by atoms with Crippen LogP contribution in [0.1, 0.15) is 17.8 Å². The van der Waals surface area contributed by atoms with E-state index in [2.05, 4.69) is 4.98 Å². The number of rotatable bonds is 4. The van der Waals surface area contributed by atoms with Crippen LogP contribution in [0.3, 0.4) is 0 Å². The predicted octanol–water partition coefficient (Wildman–Crippen LogP) is 1.91. The minimum atomic E-state index is -3.72. The van der Waals surface area contributed by atoms with Crippen molar-refractivity contribution in [2.45, 2.75) is 25.1 Å². The van der Waals surface area contributed by atoms with E-state index in [1.165, 1.54) is 4.90 Å². The number of benzene rings is 1. The second-order valence-corrected chi connectivity index (χ2v) is 8.48. The van der Waals surface area contributed by atoms with Crippen LogP contribution in [0.4, 0.5) is 5.69 Å². The summed E-state index contributed by atoms with van der Waals surface area (Å²) in [4.78, 5) is 17.7. The van der Waals surface area contributed by atoms with Crippen LogP contribution >= 0.6 is 10.7 Å². The molecular weight excluding hydrogens is 338 g/mol. The monoisotopic (exact) mass is 353 g/mol. The second-order valence-electron chi connectivity index (χ2n) is 5.57. The lowest BCUT2D eigenvalue weighted by molar-refractivity contribution is -0.117. The maximum absolute atomic E-state index is 12.0. The number of carbonyl (C=O) groups excluding carboxylic acids is 1. The highest BCUT2D eigenvalue weighted by molar-refractivity contribution is 8.14. The van der Waals surface area contributed by atoms with E-state index in [4.69, 9.17) is 10.7 Å². The van der Waals surface area contributed by atoms with E-state index in [-0.39, 0.29) is 18.9 Å². The van der Waals surface area contributed by atoms with Crippen LogP contribution in [-0.4, -0.2) is 35.7 Å². The smallest absolute Gasteiger partial charge is 0.237 e. The van der Waals surface area contributed by atoms with E-state index in [1.54, 1.807) is 6.20 Å². The number of aromatic nitrogens is 2. The highest BCUT2D eigenvalue weighted by atomic mass is 35.7. The highest BCUT2D eigenvalue weighted by Gasteiger charge is 2.37. The molecule has 2 heterocycles. The number of aryl methyl sites for hydroxylation is 1. The van der Waals surface area contributed by atoms with Crippen molar-refractivity contribution >= 4 is 31.3 Å². The van der Waals surface area contributed by atoms with Crippen LogP contribution in [0.15, 0.2) is 36.7 Å². The summed E-state index contributed by atoms with van der Waals surface area (Å²) in [5, 5.41) is -0.843. The molecule has 1 atom stereocenters. The van der Waals surface area contributed by atoms with Crippen molar-refractivity contribution in [2.24, 2.45) is 0 Å². The van der Waals surface area contributed by atoms with Crippen LogP contribution in [0.5, 0.6) is 0 Å². The molecule has 0 aliphatic carbocycles. The molecule has 0 saturated carbocycles. The molecule has 0 N–H and O–H groups in total. The molecule has 1 unspecified atom stereocenters. The zero-order valence-corrected chi connectivity index (χ0v) is 14.1. The van der Waals surface area contributed by atoms with Gasteiger partial charge in [0.25, 0.3) is 0 Å². The third-order valence-electron chi connectivity index (χ3n) is 4.01. The van der Waals surface area contributed by atoms with Gasteiger partial charge in [-0.05, 0) is 24.6 Å². The lowest BCUT2D eigenvalue weighted by atomic mass is 10.2. The van der Waals surface area contributed by atoms with Gasteiger partial charge in [-0.2, -0.15) is 0 Å². The first kappa shape index (κ1) is 16.0. The summed E-state index contributed by atoms with van der Waals surface area (Å²) in [7, 11) is 1.64. The molecule has 1 fully saturated rings. The Bertz CT molecular complexity index is 830. The Labute approximate surface area is 139 Å². The third kappa shape index (κ3) is 3.40. The molecule has 122 valence electrons. The van der Waals surface area contributed by atoms with Gasteiger partial charge in [-0.1, -0.05) is 12.1 Å². The van der Waals surface area contributed by atoms with Crippen LogP contribution < -0.4 is 4.90 Å². The number of hydrogen-bond acceptors (Lipinski definition) is 4. The molecule has 0 bridgehead atoms. The maximum Gasteiger partial charge on any atom is 0.237 e. The van der Waals surface area contributed by atoms with Gasteiger partial charge in [0.1, 0.15) is 11.1 Å². The Morgan fingerprint density at radius 2 is 2.00 bits per heavy atom. The van der Waals surface area contributed by atoms with Gasteiger partial charge in [0.2, 0.25) is 15.0 Å². The average molecular weight is 354 g/mol. The van der Waals surface area contributed by atoms with Crippen molar-refractivity contribution in [2.75, 3.05) is 11.4 Å². The molecule has 1 saturated heterocycles. The Kier molecular flexibility index (Phi) is 4.16. The Morgan fingerprint density at radius 3 is 2.52 bits per heavy atom. The molecule has 3 rings (SSSR count). The summed E-state index contributed by atoms with van der Waals surface area (Å²) >= 11 is 0. The molecule has 0 radical (unpaired) electrons. The van der Waals surface area contributed by atoms with E-state index in [0.717, 1.165) is 11.4 Å². The number of halogens is 1. The second kappa shape index (κ2) is 5.98. The van der Waals surface area contributed by atoms with Crippen molar-refractivity contribution < 1.29 is 13.2 Å². The fourth-order valence-corrected chi connectivity index (χ4v) is 3.69. The third-order valence-corrected chi connectivity index (χ3v) is 5.88. The summed E-state index contributed by atoms with van der Waals surface area (Å²) < 4.78 is 24.8. The minimum absolute atomic E-state index is 0.0676. The maximum atomic E-state index is 12.0. The van der Waals surface area contributed by atoms with Crippen LogP contribution in [0.2, 0.25) is 0 Å². The van der Waals surface area contributed by atoms with Crippen LogP contribution in [0.25, 0.3) is 0 Å². The van der Waals surface area contributed by atoms with Gasteiger partial charge >= 0.3 is 0 Å². The van der Waals surface area contributed by atoms with Crippen molar-refractivity contribution in [3.63, 3.8) is 0 Å². The Morgan fingerprint density at radius 1 is 1.30 bits per heavy atom.